The molecule has 11 nitrogen and oxygen atoms in total. The predicted molar refractivity (Wildman–Crippen MR) is 144 cm³/mol. The van der Waals surface area contributed by atoms with E-state index in [2.05, 4.69) is 10.3 Å². The quantitative estimate of drug-likeness (QED) is 0.340. The van der Waals surface area contributed by atoms with Gasteiger partial charge in [0.15, 0.2) is 0 Å². The van der Waals surface area contributed by atoms with Crippen LogP contribution in [0.1, 0.15) is 19.3 Å². The minimum absolute atomic E-state index is 0.0122. The zero-order valence-corrected chi connectivity index (χ0v) is 22.9. The number of piperidine rings is 1. The van der Waals surface area contributed by atoms with Gasteiger partial charge >= 0.3 is 0 Å². The number of nitrogens with two attached hydrogens (primary N) is 1. The minimum Gasteiger partial charge on any atom is -0.491 e. The van der Waals surface area contributed by atoms with Crippen molar-refractivity contribution in [1.82, 2.24) is 14.6 Å². The van der Waals surface area contributed by atoms with Crippen LogP contribution in [0, 0.1) is 0 Å². The molecular formula is C26H32N4O7S2. The number of primary sulfonamides is 1. The van der Waals surface area contributed by atoms with Gasteiger partial charge in [0.05, 0.1) is 22.6 Å². The van der Waals surface area contributed by atoms with Gasteiger partial charge in [-0.1, -0.05) is 24.3 Å². The summed E-state index contributed by atoms with van der Waals surface area (Å²) in [5.74, 6) is 0.296. The number of hydrogen-bond donors (Lipinski definition) is 3. The molecule has 0 saturated carbocycles. The topological polar surface area (TPSA) is 161 Å². The lowest BCUT2D eigenvalue weighted by Gasteiger charge is -2.38. The molecule has 1 spiro atoms. The fourth-order valence-corrected chi connectivity index (χ4v) is 7.07. The maximum Gasteiger partial charge on any atom is 0.244 e. The Bertz CT molecular complexity index is 1540. The molecule has 5 rings (SSSR count). The molecule has 0 aliphatic carbocycles. The van der Waals surface area contributed by atoms with E-state index in [4.69, 9.17) is 14.6 Å². The molecule has 3 heterocycles. The van der Waals surface area contributed by atoms with Gasteiger partial charge in [-0.3, -0.25) is 4.98 Å². The largest absolute Gasteiger partial charge is 0.491 e. The Morgan fingerprint density at radius 3 is 2.64 bits per heavy atom. The molecule has 13 heteroatoms. The van der Waals surface area contributed by atoms with Crippen LogP contribution >= 0.6 is 0 Å². The number of nitrogens with one attached hydrogen (secondary N) is 1. The number of rotatable bonds is 9. The van der Waals surface area contributed by atoms with Crippen LogP contribution in [0.5, 0.6) is 5.75 Å². The van der Waals surface area contributed by atoms with Crippen LogP contribution < -0.4 is 15.2 Å². The SMILES string of the molecule is NS(=O)(=O)c1cccc(OCC(O)CNC2COC3(CCN(S(=O)(=O)c4cnc5ccccc5c4)CC3)C2)c1. The van der Waals surface area contributed by atoms with Crippen LogP contribution in [0.4, 0.5) is 0 Å². The molecule has 2 unspecified atom stereocenters. The van der Waals surface area contributed by atoms with Crippen molar-refractivity contribution in [3.05, 3.63) is 60.8 Å². The van der Waals surface area contributed by atoms with Crippen LogP contribution in [0.2, 0.25) is 0 Å². The standard InChI is InChI=1S/C26H32N4O7S2/c27-38(32,33)23-6-3-5-22(13-23)36-18-21(31)15-28-20-14-26(37-17-20)8-10-30(11-9-26)39(34,35)24-12-19-4-1-2-7-25(19)29-16-24/h1-7,12-13,16,20-21,28,31H,8-11,14-15,17-18H2,(H2,27,32,33). The Hall–Kier alpha value is -2.65. The van der Waals surface area contributed by atoms with Gasteiger partial charge in [0, 0.05) is 43.3 Å². The van der Waals surface area contributed by atoms with E-state index < -0.39 is 31.8 Å². The third-order valence-electron chi connectivity index (χ3n) is 7.26. The summed E-state index contributed by atoms with van der Waals surface area (Å²) in [7, 11) is -7.50. The smallest absolute Gasteiger partial charge is 0.244 e. The predicted octanol–water partition coefficient (Wildman–Crippen LogP) is 1.22. The van der Waals surface area contributed by atoms with Gasteiger partial charge in [-0.05, 0) is 43.5 Å². The number of pyridine rings is 1. The van der Waals surface area contributed by atoms with E-state index in [9.17, 15) is 21.9 Å². The van der Waals surface area contributed by atoms with Crippen LogP contribution in [0.15, 0.2) is 70.6 Å². The van der Waals surface area contributed by atoms with Crippen molar-refractivity contribution < 1.29 is 31.4 Å². The molecule has 39 heavy (non-hydrogen) atoms. The molecule has 2 atom stereocenters. The van der Waals surface area contributed by atoms with E-state index in [-0.39, 0.29) is 29.0 Å². The third kappa shape index (κ3) is 6.40. The van der Waals surface area contributed by atoms with Crippen molar-refractivity contribution in [2.24, 2.45) is 5.14 Å². The monoisotopic (exact) mass is 576 g/mol. The van der Waals surface area contributed by atoms with Gasteiger partial charge in [0.1, 0.15) is 23.4 Å². The van der Waals surface area contributed by atoms with Crippen LogP contribution in [-0.4, -0.2) is 81.8 Å². The van der Waals surface area contributed by atoms with Crippen LogP contribution in [0.25, 0.3) is 10.9 Å². The number of para-hydroxylation sites is 1. The molecule has 0 amide bonds. The molecule has 2 saturated heterocycles. The molecule has 2 fully saturated rings. The molecule has 1 aromatic heterocycles. The van der Waals surface area contributed by atoms with Crippen LogP contribution in [-0.2, 0) is 24.8 Å². The average Bonchev–Trinajstić information content (AvgIpc) is 3.32. The highest BCUT2D eigenvalue weighted by Crippen LogP contribution is 2.37. The van der Waals surface area contributed by atoms with E-state index in [1.165, 1.54) is 28.7 Å². The maximum atomic E-state index is 13.3. The van der Waals surface area contributed by atoms with Gasteiger partial charge in [-0.25, -0.2) is 22.0 Å². The van der Waals surface area contributed by atoms with E-state index in [0.717, 1.165) is 10.9 Å². The fourth-order valence-electron chi connectivity index (χ4n) is 5.09. The lowest BCUT2D eigenvalue weighted by atomic mass is 9.88. The normalized spacial score (nSPS) is 20.8. The number of hydrogen-bond acceptors (Lipinski definition) is 9. The summed E-state index contributed by atoms with van der Waals surface area (Å²) >= 11 is 0. The van der Waals surface area contributed by atoms with Gasteiger partial charge in [-0.15, -0.1) is 0 Å². The molecule has 2 aliphatic rings. The molecule has 3 aromatic rings. The first kappa shape index (κ1) is 27.9. The van der Waals surface area contributed by atoms with E-state index in [1.807, 2.05) is 24.3 Å². The molecular weight excluding hydrogens is 544 g/mol. The Labute approximate surface area is 228 Å². The number of fused-ring (bicyclic) bond motifs is 1. The second kappa shape index (κ2) is 11.1. The summed E-state index contributed by atoms with van der Waals surface area (Å²) in [4.78, 5) is 4.43. The Morgan fingerprint density at radius 2 is 1.87 bits per heavy atom. The molecule has 2 aliphatic heterocycles. The summed E-state index contributed by atoms with van der Waals surface area (Å²) in [6, 6.07) is 14.9. The lowest BCUT2D eigenvalue weighted by molar-refractivity contribution is -0.0312. The highest BCUT2D eigenvalue weighted by Gasteiger charge is 2.44. The molecule has 2 aromatic carbocycles. The van der Waals surface area contributed by atoms with Gasteiger partial charge < -0.3 is 19.9 Å². The molecule has 210 valence electrons. The number of aliphatic hydroxyl groups excluding tert-OH is 1. The van der Waals surface area contributed by atoms with Crippen molar-refractivity contribution in [1.29, 1.82) is 0 Å². The van der Waals surface area contributed by atoms with Crippen molar-refractivity contribution in [3.8, 4) is 5.75 Å². The van der Waals surface area contributed by atoms with Crippen LogP contribution in [0.3, 0.4) is 0 Å². The number of aromatic nitrogens is 1. The zero-order chi connectivity index (χ0) is 27.7. The number of ether oxygens (including phenoxy) is 2. The van der Waals surface area contributed by atoms with Crippen molar-refractivity contribution >= 4 is 30.9 Å². The maximum absolute atomic E-state index is 13.3. The molecule has 4 N–H and O–H groups in total. The second-order valence-corrected chi connectivity index (χ2v) is 13.6. The Kier molecular flexibility index (Phi) is 7.93. The third-order valence-corrected chi connectivity index (χ3v) is 10.0. The van der Waals surface area contributed by atoms with Gasteiger partial charge in [0.25, 0.3) is 0 Å². The van der Waals surface area contributed by atoms with Crippen molar-refractivity contribution in [2.45, 2.75) is 46.8 Å². The minimum atomic E-state index is -3.84. The second-order valence-electron chi connectivity index (χ2n) is 10.1. The van der Waals surface area contributed by atoms with Crippen molar-refractivity contribution in [2.75, 3.05) is 32.8 Å². The highest BCUT2D eigenvalue weighted by molar-refractivity contribution is 7.89. The number of aliphatic hydroxyl groups is 1. The first-order chi connectivity index (χ1) is 18.5. The van der Waals surface area contributed by atoms with E-state index in [1.54, 1.807) is 12.1 Å². The Morgan fingerprint density at radius 1 is 1.10 bits per heavy atom. The zero-order valence-electron chi connectivity index (χ0n) is 21.3. The first-order valence-electron chi connectivity index (χ1n) is 12.7. The molecule has 0 radical (unpaired) electrons. The number of nitrogens with zero attached hydrogens (tertiary/aromatic N) is 2. The lowest BCUT2D eigenvalue weighted by Crippen LogP contribution is -2.47. The summed E-state index contributed by atoms with van der Waals surface area (Å²) < 4.78 is 62.7. The summed E-state index contributed by atoms with van der Waals surface area (Å²) in [5, 5.41) is 19.6. The fraction of sp³-hybridized carbons (Fsp3) is 0.423. The van der Waals surface area contributed by atoms with Gasteiger partial charge in [0.2, 0.25) is 20.0 Å². The summed E-state index contributed by atoms with van der Waals surface area (Å²) in [5.41, 5.74) is 0.348. The molecule has 0 bridgehead atoms. The summed E-state index contributed by atoms with van der Waals surface area (Å²) in [6.45, 7) is 1.40. The first-order valence-corrected chi connectivity index (χ1v) is 15.7. The van der Waals surface area contributed by atoms with E-state index in [0.29, 0.717) is 44.7 Å². The summed E-state index contributed by atoms with van der Waals surface area (Å²) in [6.07, 6.45) is 2.46. The highest BCUT2D eigenvalue weighted by atomic mass is 32.2. The van der Waals surface area contributed by atoms with E-state index >= 15 is 0 Å². The van der Waals surface area contributed by atoms with Gasteiger partial charge in [-0.2, -0.15) is 4.31 Å². The Balaban J connectivity index is 1.10. The van der Waals surface area contributed by atoms with Crippen molar-refractivity contribution in [3.63, 3.8) is 0 Å². The number of sulfonamides is 2. The average molecular weight is 577 g/mol. The number of benzene rings is 2.